The number of rotatable bonds is 5. The van der Waals surface area contributed by atoms with Gasteiger partial charge in [-0.05, 0) is 55.2 Å². The van der Waals surface area contributed by atoms with Crippen molar-refractivity contribution >= 4 is 75.5 Å². The predicted molar refractivity (Wildman–Crippen MR) is 127 cm³/mol. The summed E-state index contributed by atoms with van der Waals surface area (Å²) in [6.07, 6.45) is 2.06. The lowest BCUT2D eigenvalue weighted by atomic mass is 9.78. The largest absolute Gasteiger partial charge is 0.334 e. The highest BCUT2D eigenvalue weighted by atomic mass is 35.5. The first-order valence-corrected chi connectivity index (χ1v) is 11.6. The Morgan fingerprint density at radius 2 is 1.69 bits per heavy atom. The van der Waals surface area contributed by atoms with Crippen molar-refractivity contribution in [3.05, 3.63) is 62.6 Å². The standard InChI is InChI=1S/C22H16Cl5N3O2/c23-14-5-3-12(9-13(14)19(31)30-21(10-28)6-1-7-21)29-20(32)18-17(22(18,26)27)11-2-4-15(24)16(25)8-11/h2-5,8-9,17-18H,1,6-7H2,(H,29,32)(H,30,31)/t17-,18+/m1/s1. The number of nitrogens with zero attached hydrogens (tertiary/aromatic N) is 1. The van der Waals surface area contributed by atoms with E-state index in [1.165, 1.54) is 12.1 Å². The van der Waals surface area contributed by atoms with Crippen LogP contribution in [-0.2, 0) is 4.79 Å². The van der Waals surface area contributed by atoms with E-state index in [1.54, 1.807) is 24.3 Å². The van der Waals surface area contributed by atoms with E-state index >= 15 is 0 Å². The quantitative estimate of drug-likeness (QED) is 0.441. The maximum Gasteiger partial charge on any atom is 0.254 e. The molecule has 0 radical (unpaired) electrons. The number of amides is 2. The third kappa shape index (κ3) is 4.27. The van der Waals surface area contributed by atoms with Crippen LogP contribution in [0.1, 0.15) is 41.1 Å². The molecule has 0 aliphatic heterocycles. The molecule has 2 saturated carbocycles. The maximum absolute atomic E-state index is 12.9. The maximum atomic E-state index is 12.9. The van der Waals surface area contributed by atoms with Crippen molar-refractivity contribution in [2.24, 2.45) is 5.92 Å². The second kappa shape index (κ2) is 8.59. The number of nitrogens with one attached hydrogen (secondary N) is 2. The van der Waals surface area contributed by atoms with E-state index in [1.807, 2.05) is 0 Å². The van der Waals surface area contributed by atoms with Crippen molar-refractivity contribution < 1.29 is 9.59 Å². The van der Waals surface area contributed by atoms with Crippen LogP contribution in [0.4, 0.5) is 5.69 Å². The summed E-state index contributed by atoms with van der Waals surface area (Å²) >= 11 is 31.0. The molecule has 0 heterocycles. The number of hydrogen-bond acceptors (Lipinski definition) is 3. The first kappa shape index (κ1) is 23.5. The summed E-state index contributed by atoms with van der Waals surface area (Å²) in [6, 6.07) is 11.7. The van der Waals surface area contributed by atoms with Crippen LogP contribution < -0.4 is 10.6 Å². The second-order valence-electron chi connectivity index (χ2n) is 7.99. The van der Waals surface area contributed by atoms with Gasteiger partial charge >= 0.3 is 0 Å². The lowest BCUT2D eigenvalue weighted by molar-refractivity contribution is -0.117. The Bertz CT molecular complexity index is 1160. The zero-order valence-corrected chi connectivity index (χ0v) is 20.2. The molecule has 0 unspecified atom stereocenters. The van der Waals surface area contributed by atoms with Crippen LogP contribution in [0.5, 0.6) is 0 Å². The van der Waals surface area contributed by atoms with Gasteiger partial charge in [-0.3, -0.25) is 9.59 Å². The molecule has 0 aromatic heterocycles. The SMILES string of the molecule is N#CC1(NC(=O)c2cc(NC(=O)[C@@H]3[C@@H](c4ccc(Cl)c(Cl)c4)C3(Cl)Cl)ccc2Cl)CCC1. The molecule has 5 nitrogen and oxygen atoms in total. The van der Waals surface area contributed by atoms with Crippen molar-refractivity contribution in [1.82, 2.24) is 5.32 Å². The number of hydrogen-bond donors (Lipinski definition) is 2. The molecule has 0 saturated heterocycles. The molecule has 2 fully saturated rings. The summed E-state index contributed by atoms with van der Waals surface area (Å²) < 4.78 is -1.31. The second-order valence-corrected chi connectivity index (χ2v) is 10.7. The van der Waals surface area contributed by atoms with Gasteiger partial charge in [-0.25, -0.2) is 0 Å². The Labute approximate surface area is 209 Å². The van der Waals surface area contributed by atoms with Gasteiger partial charge in [0.1, 0.15) is 9.87 Å². The predicted octanol–water partition coefficient (Wildman–Crippen LogP) is 6.35. The molecule has 2 atom stereocenters. The Morgan fingerprint density at radius 3 is 2.28 bits per heavy atom. The molecule has 2 aliphatic carbocycles. The van der Waals surface area contributed by atoms with Crippen LogP contribution in [0.2, 0.25) is 15.1 Å². The molecule has 2 aliphatic rings. The average Bonchev–Trinajstić information content (AvgIpc) is 3.30. The van der Waals surface area contributed by atoms with Crippen LogP contribution in [-0.4, -0.2) is 21.7 Å². The highest BCUT2D eigenvalue weighted by Gasteiger charge is 2.67. The Hall–Kier alpha value is -1.68. The number of carbonyl (C=O) groups excluding carboxylic acids is 2. The summed E-state index contributed by atoms with van der Waals surface area (Å²) in [6.45, 7) is 0. The third-order valence-corrected chi connectivity index (χ3v) is 7.90. The average molecular weight is 532 g/mol. The summed E-state index contributed by atoms with van der Waals surface area (Å²) in [4.78, 5) is 25.6. The van der Waals surface area contributed by atoms with Gasteiger partial charge in [0, 0.05) is 11.6 Å². The monoisotopic (exact) mass is 529 g/mol. The third-order valence-electron chi connectivity index (χ3n) is 5.89. The number of carbonyl (C=O) groups is 2. The van der Waals surface area contributed by atoms with Crippen molar-refractivity contribution in [3.8, 4) is 6.07 Å². The lowest BCUT2D eigenvalue weighted by Crippen LogP contribution is -2.52. The van der Waals surface area contributed by atoms with E-state index in [2.05, 4.69) is 16.7 Å². The topological polar surface area (TPSA) is 82.0 Å². The van der Waals surface area contributed by atoms with E-state index in [0.717, 1.165) is 6.42 Å². The molecule has 10 heteroatoms. The minimum Gasteiger partial charge on any atom is -0.334 e. The molecule has 166 valence electrons. The normalized spacial score (nSPS) is 22.2. The molecule has 2 aromatic carbocycles. The Balaban J connectivity index is 1.50. The molecule has 2 N–H and O–H groups in total. The van der Waals surface area contributed by atoms with Gasteiger partial charge in [-0.15, -0.1) is 23.2 Å². The molecule has 4 rings (SSSR count). The van der Waals surface area contributed by atoms with E-state index in [0.29, 0.717) is 34.1 Å². The fourth-order valence-corrected chi connectivity index (χ4v) is 5.19. The number of nitriles is 1. The molecule has 2 aromatic rings. The van der Waals surface area contributed by atoms with E-state index in [4.69, 9.17) is 58.0 Å². The van der Waals surface area contributed by atoms with E-state index < -0.39 is 33.5 Å². The number of alkyl halides is 2. The Kier molecular flexibility index (Phi) is 6.30. The van der Waals surface area contributed by atoms with Crippen LogP contribution in [0.25, 0.3) is 0 Å². The first-order valence-electron chi connectivity index (χ1n) is 9.75. The minimum absolute atomic E-state index is 0.158. The highest BCUT2D eigenvalue weighted by molar-refractivity contribution is 6.53. The molecular weight excluding hydrogens is 516 g/mol. The van der Waals surface area contributed by atoms with Gasteiger partial charge in [-0.1, -0.05) is 40.9 Å². The van der Waals surface area contributed by atoms with E-state index in [9.17, 15) is 14.9 Å². The van der Waals surface area contributed by atoms with Crippen LogP contribution in [0.3, 0.4) is 0 Å². The summed E-state index contributed by atoms with van der Waals surface area (Å²) in [5.41, 5.74) is 0.347. The highest BCUT2D eigenvalue weighted by Crippen LogP contribution is 2.65. The van der Waals surface area contributed by atoms with Gasteiger partial charge in [0.15, 0.2) is 0 Å². The number of anilines is 1. The minimum atomic E-state index is -1.31. The van der Waals surface area contributed by atoms with Crippen molar-refractivity contribution in [2.75, 3.05) is 5.32 Å². The fourth-order valence-electron chi connectivity index (χ4n) is 3.85. The number of benzene rings is 2. The Morgan fingerprint density at radius 1 is 1.00 bits per heavy atom. The summed E-state index contributed by atoms with van der Waals surface area (Å²) in [5, 5.41) is 15.8. The van der Waals surface area contributed by atoms with Gasteiger partial charge in [0.05, 0.1) is 32.6 Å². The van der Waals surface area contributed by atoms with E-state index in [-0.39, 0.29) is 10.6 Å². The summed E-state index contributed by atoms with van der Waals surface area (Å²) in [5.74, 6) is -2.08. The molecular formula is C22H16Cl5N3O2. The zero-order valence-electron chi connectivity index (χ0n) is 16.4. The van der Waals surface area contributed by atoms with Crippen molar-refractivity contribution in [3.63, 3.8) is 0 Å². The summed E-state index contributed by atoms with van der Waals surface area (Å²) in [7, 11) is 0. The zero-order chi connectivity index (χ0) is 23.3. The van der Waals surface area contributed by atoms with Gasteiger partial charge in [-0.2, -0.15) is 5.26 Å². The molecule has 2 amide bonds. The first-order chi connectivity index (χ1) is 15.1. The van der Waals surface area contributed by atoms with Gasteiger partial charge in [0.2, 0.25) is 5.91 Å². The molecule has 32 heavy (non-hydrogen) atoms. The van der Waals surface area contributed by atoms with Crippen LogP contribution in [0.15, 0.2) is 36.4 Å². The van der Waals surface area contributed by atoms with Gasteiger partial charge in [0.25, 0.3) is 5.91 Å². The fraction of sp³-hybridized carbons (Fsp3) is 0.318. The van der Waals surface area contributed by atoms with Crippen molar-refractivity contribution in [2.45, 2.75) is 35.1 Å². The lowest BCUT2D eigenvalue weighted by Gasteiger charge is -2.35. The molecule has 0 bridgehead atoms. The van der Waals surface area contributed by atoms with Gasteiger partial charge < -0.3 is 10.6 Å². The number of halogens is 5. The van der Waals surface area contributed by atoms with Crippen molar-refractivity contribution in [1.29, 1.82) is 5.26 Å². The smallest absolute Gasteiger partial charge is 0.254 e. The van der Waals surface area contributed by atoms with Crippen LogP contribution in [0, 0.1) is 17.2 Å². The van der Waals surface area contributed by atoms with Crippen LogP contribution >= 0.6 is 58.0 Å². The molecule has 0 spiro atoms.